The third-order valence-corrected chi connectivity index (χ3v) is 5.23. The van der Waals surface area contributed by atoms with Crippen molar-refractivity contribution in [1.82, 2.24) is 10.3 Å². The minimum atomic E-state index is 0. The molecule has 2 aromatic carbocycles. The number of anilines is 1. The van der Waals surface area contributed by atoms with E-state index in [0.29, 0.717) is 38.9 Å². The van der Waals surface area contributed by atoms with E-state index in [-0.39, 0.29) is 22.9 Å². The van der Waals surface area contributed by atoms with Gasteiger partial charge in [0, 0.05) is 16.0 Å². The molecule has 3 aromatic rings. The first-order chi connectivity index (χ1) is 13.5. The molecule has 1 aromatic heterocycles. The summed E-state index contributed by atoms with van der Waals surface area (Å²) in [5, 5.41) is 17.6. The molecule has 0 spiro atoms. The predicted octanol–water partition coefficient (Wildman–Crippen LogP) is 5.85. The van der Waals surface area contributed by atoms with Crippen molar-refractivity contribution in [3.05, 3.63) is 57.4 Å². The van der Waals surface area contributed by atoms with Gasteiger partial charge in [-0.15, -0.1) is 28.3 Å². The van der Waals surface area contributed by atoms with Crippen LogP contribution in [0.3, 0.4) is 0 Å². The van der Waals surface area contributed by atoms with E-state index in [4.69, 9.17) is 38.1 Å². The number of benzene rings is 2. The van der Waals surface area contributed by atoms with E-state index in [1.54, 1.807) is 32.4 Å². The lowest BCUT2D eigenvalue weighted by Crippen LogP contribution is -2.29. The first kappa shape index (κ1) is 23.3. The fourth-order valence-electron chi connectivity index (χ4n) is 2.58. The maximum atomic E-state index is 8.14. The highest BCUT2D eigenvalue weighted by molar-refractivity contribution is 8.93. The molecule has 154 valence electrons. The SMILES string of the molecule is Br.COc1cccc(OC)c1CNC(=N)Nc1nc(-c2cc(Cl)ccc2Cl)cs1. The van der Waals surface area contributed by atoms with Gasteiger partial charge in [0.15, 0.2) is 11.1 Å². The topological polar surface area (TPSA) is 79.3 Å². The van der Waals surface area contributed by atoms with Gasteiger partial charge >= 0.3 is 0 Å². The van der Waals surface area contributed by atoms with Gasteiger partial charge in [-0.1, -0.05) is 29.3 Å². The quantitative estimate of drug-likeness (QED) is 0.282. The Hall–Kier alpha value is -2.00. The standard InChI is InChI=1S/C19H18Cl2N4O2S.BrH/c1-26-16-4-3-5-17(27-2)13(16)9-23-18(22)25-19-24-15(10-28-19)12-8-11(20)6-7-14(12)21;/h3-8,10H,9H2,1-2H3,(H3,22,23,24,25);1H. The van der Waals surface area contributed by atoms with E-state index in [0.717, 1.165) is 11.1 Å². The van der Waals surface area contributed by atoms with Crippen LogP contribution < -0.4 is 20.1 Å². The zero-order chi connectivity index (χ0) is 20.1. The summed E-state index contributed by atoms with van der Waals surface area (Å²) in [6.07, 6.45) is 0. The Bertz CT molecular complexity index is 978. The average Bonchev–Trinajstić information content (AvgIpc) is 3.15. The summed E-state index contributed by atoms with van der Waals surface area (Å²) < 4.78 is 10.7. The molecule has 0 unspecified atom stereocenters. The van der Waals surface area contributed by atoms with Crippen LogP contribution in [0.1, 0.15) is 5.56 Å². The van der Waals surface area contributed by atoms with Gasteiger partial charge in [0.25, 0.3) is 0 Å². The van der Waals surface area contributed by atoms with Crippen molar-refractivity contribution in [3.8, 4) is 22.8 Å². The fourth-order valence-corrected chi connectivity index (χ4v) is 3.68. The summed E-state index contributed by atoms with van der Waals surface area (Å²) in [7, 11) is 3.19. The fraction of sp³-hybridized carbons (Fsp3) is 0.158. The van der Waals surface area contributed by atoms with E-state index in [1.807, 2.05) is 23.6 Å². The predicted molar refractivity (Wildman–Crippen MR) is 126 cm³/mol. The maximum absolute atomic E-state index is 8.14. The summed E-state index contributed by atoms with van der Waals surface area (Å²) in [5.74, 6) is 1.48. The second-order valence-corrected chi connectivity index (χ2v) is 7.36. The zero-order valence-corrected chi connectivity index (χ0v) is 19.6. The molecule has 0 amide bonds. The second kappa shape index (κ2) is 10.7. The average molecular weight is 518 g/mol. The van der Waals surface area contributed by atoms with E-state index < -0.39 is 0 Å². The van der Waals surface area contributed by atoms with Gasteiger partial charge in [-0.3, -0.25) is 5.41 Å². The molecular weight excluding hydrogens is 499 g/mol. The number of hydrogen-bond donors (Lipinski definition) is 3. The van der Waals surface area contributed by atoms with Gasteiger partial charge in [0.2, 0.25) is 0 Å². The van der Waals surface area contributed by atoms with Crippen LogP contribution in [0.2, 0.25) is 10.0 Å². The molecule has 3 N–H and O–H groups in total. The Morgan fingerprint density at radius 2 is 1.83 bits per heavy atom. The van der Waals surface area contributed by atoms with Crippen LogP contribution in [0.4, 0.5) is 5.13 Å². The summed E-state index contributed by atoms with van der Waals surface area (Å²) in [6, 6.07) is 10.8. The summed E-state index contributed by atoms with van der Waals surface area (Å²) in [5.41, 5.74) is 2.26. The first-order valence-corrected chi connectivity index (χ1v) is 9.85. The minimum absolute atomic E-state index is 0. The monoisotopic (exact) mass is 516 g/mol. The number of ether oxygens (including phenoxy) is 2. The van der Waals surface area contributed by atoms with Crippen molar-refractivity contribution in [2.45, 2.75) is 6.54 Å². The molecule has 29 heavy (non-hydrogen) atoms. The number of rotatable bonds is 6. The third kappa shape index (κ3) is 5.76. The Kier molecular flexibility index (Phi) is 8.58. The molecule has 0 radical (unpaired) electrons. The van der Waals surface area contributed by atoms with Crippen molar-refractivity contribution in [1.29, 1.82) is 5.41 Å². The Labute approximate surface area is 193 Å². The lowest BCUT2D eigenvalue weighted by atomic mass is 10.1. The minimum Gasteiger partial charge on any atom is -0.496 e. The van der Waals surface area contributed by atoms with Gasteiger partial charge in [-0.25, -0.2) is 4.98 Å². The number of aromatic nitrogens is 1. The van der Waals surface area contributed by atoms with Crippen LogP contribution in [0, 0.1) is 5.41 Å². The molecule has 10 heteroatoms. The number of nitrogens with zero attached hydrogens (tertiary/aromatic N) is 1. The molecule has 0 aliphatic rings. The van der Waals surface area contributed by atoms with E-state index in [9.17, 15) is 0 Å². The van der Waals surface area contributed by atoms with Crippen LogP contribution in [0.25, 0.3) is 11.3 Å². The molecule has 0 saturated carbocycles. The largest absolute Gasteiger partial charge is 0.496 e. The van der Waals surface area contributed by atoms with Crippen LogP contribution in [0.15, 0.2) is 41.8 Å². The second-order valence-electron chi connectivity index (χ2n) is 5.66. The smallest absolute Gasteiger partial charge is 0.195 e. The van der Waals surface area contributed by atoms with Gasteiger partial charge in [0.1, 0.15) is 11.5 Å². The van der Waals surface area contributed by atoms with Crippen molar-refractivity contribution in [2.24, 2.45) is 0 Å². The normalized spacial score (nSPS) is 10.1. The Balaban J connectivity index is 0.00000300. The first-order valence-electron chi connectivity index (χ1n) is 8.22. The lowest BCUT2D eigenvalue weighted by molar-refractivity contribution is 0.384. The third-order valence-electron chi connectivity index (χ3n) is 3.91. The van der Waals surface area contributed by atoms with Crippen molar-refractivity contribution >= 4 is 62.6 Å². The molecule has 0 fully saturated rings. The molecular formula is C19H19BrCl2N4O2S. The molecule has 0 aliphatic heterocycles. The number of hydrogen-bond acceptors (Lipinski definition) is 5. The van der Waals surface area contributed by atoms with E-state index in [1.165, 1.54) is 11.3 Å². The summed E-state index contributed by atoms with van der Waals surface area (Å²) >= 11 is 13.6. The summed E-state index contributed by atoms with van der Waals surface area (Å²) in [6.45, 7) is 0.359. The van der Waals surface area contributed by atoms with Crippen LogP contribution in [-0.4, -0.2) is 25.2 Å². The van der Waals surface area contributed by atoms with Gasteiger partial charge in [-0.2, -0.15) is 0 Å². The number of nitrogens with one attached hydrogen (secondary N) is 3. The zero-order valence-electron chi connectivity index (χ0n) is 15.6. The molecule has 0 aliphatic carbocycles. The highest BCUT2D eigenvalue weighted by Gasteiger charge is 2.12. The molecule has 1 heterocycles. The molecule has 3 rings (SSSR count). The maximum Gasteiger partial charge on any atom is 0.195 e. The van der Waals surface area contributed by atoms with Gasteiger partial charge < -0.3 is 20.1 Å². The van der Waals surface area contributed by atoms with Crippen molar-refractivity contribution in [3.63, 3.8) is 0 Å². The van der Waals surface area contributed by atoms with Gasteiger partial charge in [-0.05, 0) is 30.3 Å². The van der Waals surface area contributed by atoms with Crippen LogP contribution in [-0.2, 0) is 6.54 Å². The Morgan fingerprint density at radius 1 is 1.14 bits per heavy atom. The van der Waals surface area contributed by atoms with Crippen molar-refractivity contribution in [2.75, 3.05) is 19.5 Å². The molecule has 0 atom stereocenters. The highest BCUT2D eigenvalue weighted by atomic mass is 79.9. The molecule has 6 nitrogen and oxygen atoms in total. The summed E-state index contributed by atoms with van der Waals surface area (Å²) in [4.78, 5) is 4.48. The number of guanidine groups is 1. The van der Waals surface area contributed by atoms with Crippen molar-refractivity contribution < 1.29 is 9.47 Å². The number of methoxy groups -OCH3 is 2. The number of halogens is 3. The highest BCUT2D eigenvalue weighted by Crippen LogP contribution is 2.32. The Morgan fingerprint density at radius 3 is 2.48 bits per heavy atom. The lowest BCUT2D eigenvalue weighted by Gasteiger charge is -2.14. The van der Waals surface area contributed by atoms with Crippen LogP contribution >= 0.6 is 51.5 Å². The van der Waals surface area contributed by atoms with Gasteiger partial charge in [0.05, 0.1) is 37.0 Å². The van der Waals surface area contributed by atoms with Crippen LogP contribution in [0.5, 0.6) is 11.5 Å². The van der Waals surface area contributed by atoms with E-state index >= 15 is 0 Å². The van der Waals surface area contributed by atoms with E-state index in [2.05, 4.69) is 15.6 Å². The number of thiazole rings is 1. The molecule has 0 saturated heterocycles. The molecule has 0 bridgehead atoms.